The number of carbonyl (C=O) groups excluding carboxylic acids is 1. The normalized spacial score (nSPS) is 19.7. The average Bonchev–Trinajstić information content (AvgIpc) is 2.76. The molecule has 1 atom stereocenters. The van der Waals surface area contributed by atoms with E-state index >= 15 is 0 Å². The maximum Gasteiger partial charge on any atom is 0.220 e. The Labute approximate surface area is 106 Å². The van der Waals surface area contributed by atoms with Gasteiger partial charge < -0.3 is 15.9 Å². The second-order valence-electron chi connectivity index (χ2n) is 4.41. The molecule has 1 aliphatic heterocycles. The molecule has 0 aromatic heterocycles. The summed E-state index contributed by atoms with van der Waals surface area (Å²) in [5.74, 6) is 0.717. The molecule has 0 unspecified atom stereocenters. The zero-order valence-corrected chi connectivity index (χ0v) is 10.1. The molecule has 1 saturated heterocycles. The van der Waals surface area contributed by atoms with Crippen LogP contribution in [0.5, 0.6) is 0 Å². The molecule has 0 saturated carbocycles. The lowest BCUT2D eigenvalue weighted by Gasteiger charge is -2.06. The lowest BCUT2D eigenvalue weighted by atomic mass is 10.1. The third-order valence-electron chi connectivity index (χ3n) is 2.78. The van der Waals surface area contributed by atoms with E-state index in [1.165, 1.54) is 0 Å². The SMILES string of the molecule is NC(Cc1ccccc1)=NOC[C@@H]1CNC(=O)C1. The topological polar surface area (TPSA) is 76.7 Å². The van der Waals surface area contributed by atoms with Crippen molar-refractivity contribution in [3.8, 4) is 0 Å². The summed E-state index contributed by atoms with van der Waals surface area (Å²) in [6.45, 7) is 1.08. The molecular weight excluding hydrogens is 230 g/mol. The van der Waals surface area contributed by atoms with Crippen molar-refractivity contribution in [2.75, 3.05) is 13.2 Å². The van der Waals surface area contributed by atoms with Gasteiger partial charge in [0.15, 0.2) is 0 Å². The molecule has 1 aromatic rings. The molecule has 1 heterocycles. The van der Waals surface area contributed by atoms with Gasteiger partial charge in [-0.05, 0) is 5.56 Å². The first-order valence-corrected chi connectivity index (χ1v) is 5.99. The first-order chi connectivity index (χ1) is 8.74. The Kier molecular flexibility index (Phi) is 4.17. The number of amidine groups is 1. The third-order valence-corrected chi connectivity index (χ3v) is 2.78. The number of nitrogens with zero attached hydrogens (tertiary/aromatic N) is 1. The van der Waals surface area contributed by atoms with Gasteiger partial charge in [0.05, 0.1) is 0 Å². The summed E-state index contributed by atoms with van der Waals surface area (Å²) in [5.41, 5.74) is 6.86. The molecule has 5 nitrogen and oxygen atoms in total. The second kappa shape index (κ2) is 6.05. The third kappa shape index (κ3) is 3.76. The largest absolute Gasteiger partial charge is 0.394 e. The number of nitrogens with one attached hydrogen (secondary N) is 1. The highest BCUT2D eigenvalue weighted by atomic mass is 16.6. The zero-order valence-electron chi connectivity index (χ0n) is 10.1. The van der Waals surface area contributed by atoms with E-state index < -0.39 is 0 Å². The number of amides is 1. The summed E-state index contributed by atoms with van der Waals surface area (Å²) in [7, 11) is 0. The predicted octanol–water partition coefficient (Wildman–Crippen LogP) is 0.654. The van der Waals surface area contributed by atoms with Crippen molar-refractivity contribution in [1.29, 1.82) is 0 Å². The Morgan fingerprint density at radius 2 is 2.22 bits per heavy atom. The minimum absolute atomic E-state index is 0.0739. The van der Waals surface area contributed by atoms with Gasteiger partial charge in [-0.2, -0.15) is 0 Å². The van der Waals surface area contributed by atoms with Gasteiger partial charge in [0.2, 0.25) is 5.91 Å². The minimum atomic E-state index is 0.0739. The molecule has 96 valence electrons. The maximum absolute atomic E-state index is 11.0. The predicted molar refractivity (Wildman–Crippen MR) is 68.8 cm³/mol. The Morgan fingerprint density at radius 3 is 2.89 bits per heavy atom. The fourth-order valence-corrected chi connectivity index (χ4v) is 1.85. The highest BCUT2D eigenvalue weighted by Gasteiger charge is 2.21. The fraction of sp³-hybridized carbons (Fsp3) is 0.385. The average molecular weight is 247 g/mol. The van der Waals surface area contributed by atoms with Gasteiger partial charge in [-0.3, -0.25) is 4.79 Å². The van der Waals surface area contributed by atoms with Gasteiger partial charge in [-0.25, -0.2) is 0 Å². The monoisotopic (exact) mass is 247 g/mol. The molecule has 5 heteroatoms. The second-order valence-corrected chi connectivity index (χ2v) is 4.41. The minimum Gasteiger partial charge on any atom is -0.394 e. The summed E-state index contributed by atoms with van der Waals surface area (Å²) >= 11 is 0. The molecular formula is C13H17N3O2. The number of hydrogen-bond acceptors (Lipinski definition) is 3. The van der Waals surface area contributed by atoms with Crippen LogP contribution in [0.2, 0.25) is 0 Å². The molecule has 1 amide bonds. The quantitative estimate of drug-likeness (QED) is 0.456. The molecule has 3 N–H and O–H groups in total. The number of hydrogen-bond donors (Lipinski definition) is 2. The van der Waals surface area contributed by atoms with Gasteiger partial charge in [-0.1, -0.05) is 35.5 Å². The number of benzene rings is 1. The Morgan fingerprint density at radius 1 is 1.44 bits per heavy atom. The van der Waals surface area contributed by atoms with Crippen molar-refractivity contribution in [2.24, 2.45) is 16.8 Å². The lowest BCUT2D eigenvalue weighted by Crippen LogP contribution is -2.18. The first kappa shape index (κ1) is 12.4. The lowest BCUT2D eigenvalue weighted by molar-refractivity contribution is -0.119. The molecule has 0 radical (unpaired) electrons. The van der Waals surface area contributed by atoms with Crippen LogP contribution in [0.3, 0.4) is 0 Å². The van der Waals surface area contributed by atoms with Crippen LogP contribution in [0.1, 0.15) is 12.0 Å². The highest BCUT2D eigenvalue weighted by molar-refractivity contribution is 5.82. The molecule has 1 aliphatic rings. The van der Waals surface area contributed by atoms with Gasteiger partial charge >= 0.3 is 0 Å². The van der Waals surface area contributed by atoms with Crippen molar-refractivity contribution in [1.82, 2.24) is 5.32 Å². The molecule has 0 aliphatic carbocycles. The molecule has 18 heavy (non-hydrogen) atoms. The molecule has 2 rings (SSSR count). The van der Waals surface area contributed by atoms with Gasteiger partial charge in [-0.15, -0.1) is 0 Å². The van der Waals surface area contributed by atoms with Crippen molar-refractivity contribution in [3.05, 3.63) is 35.9 Å². The number of oxime groups is 1. The molecule has 1 aromatic carbocycles. The Bertz CT molecular complexity index is 431. The summed E-state index contributed by atoms with van der Waals surface area (Å²) in [6, 6.07) is 9.85. The van der Waals surface area contributed by atoms with Gasteiger partial charge in [0, 0.05) is 25.3 Å². The Hall–Kier alpha value is -2.04. The van der Waals surface area contributed by atoms with Crippen molar-refractivity contribution < 1.29 is 9.63 Å². The van der Waals surface area contributed by atoms with E-state index in [0.717, 1.165) is 5.56 Å². The molecule has 1 fully saturated rings. The molecule has 0 spiro atoms. The zero-order chi connectivity index (χ0) is 12.8. The van der Waals surface area contributed by atoms with E-state index in [0.29, 0.717) is 31.8 Å². The summed E-state index contributed by atoms with van der Waals surface area (Å²) in [6.07, 6.45) is 1.08. The van der Waals surface area contributed by atoms with Gasteiger partial charge in [0.1, 0.15) is 12.4 Å². The first-order valence-electron chi connectivity index (χ1n) is 5.99. The fourth-order valence-electron chi connectivity index (χ4n) is 1.85. The van der Waals surface area contributed by atoms with E-state index in [2.05, 4.69) is 10.5 Å². The van der Waals surface area contributed by atoms with Crippen LogP contribution in [0.25, 0.3) is 0 Å². The van der Waals surface area contributed by atoms with Crippen LogP contribution in [-0.4, -0.2) is 24.9 Å². The van der Waals surface area contributed by atoms with Crippen molar-refractivity contribution in [3.63, 3.8) is 0 Å². The number of nitrogens with two attached hydrogens (primary N) is 1. The van der Waals surface area contributed by atoms with Crippen LogP contribution in [0.15, 0.2) is 35.5 Å². The van der Waals surface area contributed by atoms with Crippen LogP contribution >= 0.6 is 0 Å². The van der Waals surface area contributed by atoms with E-state index in [1.54, 1.807) is 0 Å². The summed E-state index contributed by atoms with van der Waals surface area (Å²) < 4.78 is 0. The number of rotatable bonds is 5. The molecule has 0 bridgehead atoms. The van der Waals surface area contributed by atoms with Crippen molar-refractivity contribution in [2.45, 2.75) is 12.8 Å². The van der Waals surface area contributed by atoms with Gasteiger partial charge in [0.25, 0.3) is 0 Å². The van der Waals surface area contributed by atoms with E-state index in [4.69, 9.17) is 10.6 Å². The van der Waals surface area contributed by atoms with E-state index in [-0.39, 0.29) is 11.8 Å². The van der Waals surface area contributed by atoms with Crippen LogP contribution < -0.4 is 11.1 Å². The number of carbonyl (C=O) groups is 1. The van der Waals surface area contributed by atoms with Crippen LogP contribution in [-0.2, 0) is 16.1 Å². The summed E-state index contributed by atoms with van der Waals surface area (Å²) in [5, 5.41) is 6.61. The van der Waals surface area contributed by atoms with Crippen LogP contribution in [0, 0.1) is 5.92 Å². The highest BCUT2D eigenvalue weighted by Crippen LogP contribution is 2.09. The van der Waals surface area contributed by atoms with Crippen molar-refractivity contribution >= 4 is 11.7 Å². The van der Waals surface area contributed by atoms with E-state index in [9.17, 15) is 4.79 Å². The smallest absolute Gasteiger partial charge is 0.220 e. The summed E-state index contributed by atoms with van der Waals surface area (Å²) in [4.78, 5) is 16.1. The maximum atomic E-state index is 11.0. The van der Waals surface area contributed by atoms with Crippen LogP contribution in [0.4, 0.5) is 0 Å². The Balaban J connectivity index is 1.74. The standard InChI is InChI=1S/C13H17N3O2/c14-12(6-10-4-2-1-3-5-10)16-18-9-11-7-13(17)15-8-11/h1-5,11H,6-9H2,(H2,14,16)(H,15,17)/t11-/m0/s1. The van der Waals surface area contributed by atoms with E-state index in [1.807, 2.05) is 30.3 Å².